The molecule has 0 spiro atoms. The zero-order valence-corrected chi connectivity index (χ0v) is 23.0. The molecule has 2 fully saturated rings. The van der Waals surface area contributed by atoms with Crippen molar-refractivity contribution in [3.63, 3.8) is 0 Å². The standard InChI is InChI=1S/C28H32O15/c1-37-15-5-11(3-4-13(15)31)26-27(23(34)21-14(32)6-12(30)7-17(21)41-26)43-28-25(36)24(35)22(33)19(42-28)10-39-16-8-20(38-2)40-18(16)9-29/h3-7,16,18-20,22,24-25,28-33,35-36H,8-10H2,1-2H3. The Labute approximate surface area is 243 Å². The van der Waals surface area contributed by atoms with Gasteiger partial charge in [0.05, 0.1) is 26.4 Å². The number of aliphatic hydroxyl groups excluding tert-OH is 4. The minimum Gasteiger partial charge on any atom is -0.508 e. The summed E-state index contributed by atoms with van der Waals surface area (Å²) in [4.78, 5) is 13.7. The number of aliphatic hydroxyl groups is 4. The second kappa shape index (κ2) is 12.5. The van der Waals surface area contributed by atoms with Crippen molar-refractivity contribution in [3.05, 3.63) is 40.6 Å². The van der Waals surface area contributed by atoms with E-state index in [0.29, 0.717) is 0 Å². The first-order valence-electron chi connectivity index (χ1n) is 13.2. The molecule has 3 heterocycles. The summed E-state index contributed by atoms with van der Waals surface area (Å²) in [5.74, 6) is -2.05. The number of benzene rings is 2. The Morgan fingerprint density at radius 2 is 1.70 bits per heavy atom. The van der Waals surface area contributed by atoms with Crippen molar-refractivity contribution >= 4 is 11.0 Å². The third-order valence-electron chi connectivity index (χ3n) is 7.35. The van der Waals surface area contributed by atoms with Crippen molar-refractivity contribution in [1.29, 1.82) is 0 Å². The first kappa shape index (κ1) is 30.8. The average molecular weight is 609 g/mol. The Morgan fingerprint density at radius 3 is 2.40 bits per heavy atom. The van der Waals surface area contributed by atoms with Gasteiger partial charge in [-0.2, -0.15) is 0 Å². The number of phenols is 3. The number of rotatable bonds is 9. The van der Waals surface area contributed by atoms with Gasteiger partial charge in [-0.25, -0.2) is 0 Å². The minimum atomic E-state index is -1.87. The maximum Gasteiger partial charge on any atom is 0.239 e. The summed E-state index contributed by atoms with van der Waals surface area (Å²) in [6.45, 7) is -0.695. The Morgan fingerprint density at radius 1 is 0.930 bits per heavy atom. The molecule has 1 aromatic heterocycles. The van der Waals surface area contributed by atoms with E-state index in [1.54, 1.807) is 0 Å². The Kier molecular flexibility index (Phi) is 8.96. The Bertz CT molecular complexity index is 1510. The molecule has 15 heteroatoms. The largest absolute Gasteiger partial charge is 0.508 e. The molecule has 0 bridgehead atoms. The molecular weight excluding hydrogens is 576 g/mol. The van der Waals surface area contributed by atoms with Crippen LogP contribution in [-0.4, -0.2) is 112 Å². The van der Waals surface area contributed by atoms with Crippen LogP contribution in [0.2, 0.25) is 0 Å². The lowest BCUT2D eigenvalue weighted by Gasteiger charge is -2.40. The van der Waals surface area contributed by atoms with Crippen LogP contribution in [0.3, 0.4) is 0 Å². The summed E-state index contributed by atoms with van der Waals surface area (Å²) in [7, 11) is 2.74. The molecule has 3 aromatic rings. The first-order valence-corrected chi connectivity index (χ1v) is 13.2. The molecular formula is C28H32O15. The number of aromatic hydroxyl groups is 3. The fourth-order valence-electron chi connectivity index (χ4n) is 5.04. The highest BCUT2D eigenvalue weighted by atomic mass is 16.7. The maximum atomic E-state index is 13.7. The van der Waals surface area contributed by atoms with Crippen LogP contribution in [0.4, 0.5) is 0 Å². The fourth-order valence-corrected chi connectivity index (χ4v) is 5.04. The molecule has 2 aromatic carbocycles. The van der Waals surface area contributed by atoms with E-state index in [0.717, 1.165) is 12.1 Å². The summed E-state index contributed by atoms with van der Waals surface area (Å²) in [5.41, 5.74) is -0.985. The van der Waals surface area contributed by atoms with E-state index in [1.165, 1.54) is 32.4 Å². The second-order valence-corrected chi connectivity index (χ2v) is 10.1. The minimum absolute atomic E-state index is 0.0162. The van der Waals surface area contributed by atoms with Crippen molar-refractivity contribution in [1.82, 2.24) is 0 Å². The lowest BCUT2D eigenvalue weighted by molar-refractivity contribution is -0.282. The number of ether oxygens (including phenoxy) is 6. The zero-order valence-electron chi connectivity index (χ0n) is 23.0. The average Bonchev–Trinajstić information content (AvgIpc) is 3.40. The van der Waals surface area contributed by atoms with Gasteiger partial charge in [0.1, 0.15) is 53.0 Å². The Hall–Kier alpha value is -3.67. The van der Waals surface area contributed by atoms with Gasteiger partial charge in [0.2, 0.25) is 17.5 Å². The van der Waals surface area contributed by atoms with E-state index in [2.05, 4.69) is 0 Å². The van der Waals surface area contributed by atoms with Gasteiger partial charge in [-0.05, 0) is 18.2 Å². The predicted octanol–water partition coefficient (Wildman–Crippen LogP) is -0.0893. The normalized spacial score (nSPS) is 29.2. The van der Waals surface area contributed by atoms with Crippen LogP contribution in [0.5, 0.6) is 28.7 Å². The van der Waals surface area contributed by atoms with Gasteiger partial charge < -0.3 is 68.6 Å². The van der Waals surface area contributed by atoms with Crippen LogP contribution < -0.4 is 14.9 Å². The molecule has 8 unspecified atom stereocenters. The molecule has 5 rings (SSSR count). The maximum absolute atomic E-state index is 13.7. The van der Waals surface area contributed by atoms with Crippen molar-refractivity contribution in [2.45, 2.75) is 55.6 Å². The van der Waals surface area contributed by atoms with E-state index < -0.39 is 71.9 Å². The fraction of sp³-hybridized carbons (Fsp3) is 0.464. The lowest BCUT2D eigenvalue weighted by Crippen LogP contribution is -2.60. The van der Waals surface area contributed by atoms with Gasteiger partial charge in [-0.3, -0.25) is 4.79 Å². The van der Waals surface area contributed by atoms with Crippen LogP contribution in [0.15, 0.2) is 39.5 Å². The van der Waals surface area contributed by atoms with Crippen molar-refractivity contribution in [2.75, 3.05) is 27.4 Å². The summed E-state index contributed by atoms with van der Waals surface area (Å²) < 4.78 is 39.0. The smallest absolute Gasteiger partial charge is 0.239 e. The van der Waals surface area contributed by atoms with Crippen molar-refractivity contribution in [3.8, 4) is 40.1 Å². The van der Waals surface area contributed by atoms with E-state index in [4.69, 9.17) is 32.8 Å². The molecule has 0 amide bonds. The second-order valence-electron chi connectivity index (χ2n) is 10.1. The monoisotopic (exact) mass is 608 g/mol. The highest BCUT2D eigenvalue weighted by molar-refractivity contribution is 5.88. The van der Waals surface area contributed by atoms with Crippen LogP contribution in [0.25, 0.3) is 22.3 Å². The third-order valence-corrected chi connectivity index (χ3v) is 7.35. The van der Waals surface area contributed by atoms with Gasteiger partial charge in [-0.1, -0.05) is 0 Å². The number of methoxy groups -OCH3 is 2. The van der Waals surface area contributed by atoms with Crippen LogP contribution in [-0.2, 0) is 18.9 Å². The molecule has 2 aliphatic rings. The molecule has 2 saturated heterocycles. The van der Waals surface area contributed by atoms with Crippen LogP contribution >= 0.6 is 0 Å². The summed E-state index contributed by atoms with van der Waals surface area (Å²) in [5, 5.41) is 71.7. The topological polar surface area (TPSA) is 227 Å². The highest BCUT2D eigenvalue weighted by Crippen LogP contribution is 2.39. The molecule has 15 nitrogen and oxygen atoms in total. The van der Waals surface area contributed by atoms with E-state index >= 15 is 0 Å². The van der Waals surface area contributed by atoms with Gasteiger partial charge in [0.15, 0.2) is 23.5 Å². The molecule has 234 valence electrons. The molecule has 43 heavy (non-hydrogen) atoms. The van der Waals surface area contributed by atoms with Crippen molar-refractivity contribution in [2.24, 2.45) is 0 Å². The summed E-state index contributed by atoms with van der Waals surface area (Å²) in [6, 6.07) is 5.99. The highest BCUT2D eigenvalue weighted by Gasteiger charge is 2.47. The predicted molar refractivity (Wildman–Crippen MR) is 144 cm³/mol. The number of phenolic OH excluding ortho intramolecular Hbond substituents is 3. The van der Waals surface area contributed by atoms with Gasteiger partial charge in [0, 0.05) is 31.2 Å². The van der Waals surface area contributed by atoms with Crippen molar-refractivity contribution < 1.29 is 68.6 Å². The van der Waals surface area contributed by atoms with Gasteiger partial charge in [0.25, 0.3) is 0 Å². The van der Waals surface area contributed by atoms with E-state index in [-0.39, 0.29) is 53.4 Å². The molecule has 0 radical (unpaired) electrons. The SMILES string of the molecule is COc1cc(-c2oc3cc(O)cc(O)c3c(=O)c2OC2OC(COC3CC(OC)OC3CO)C(O)C(O)C2O)ccc1O. The molecule has 7 N–H and O–H groups in total. The first-order chi connectivity index (χ1) is 20.6. The molecule has 0 aliphatic carbocycles. The summed E-state index contributed by atoms with van der Waals surface area (Å²) in [6.07, 6.45) is -10.0. The molecule has 2 aliphatic heterocycles. The molecule has 8 atom stereocenters. The Balaban J connectivity index is 1.49. The van der Waals surface area contributed by atoms with E-state index in [9.17, 15) is 40.5 Å². The third kappa shape index (κ3) is 5.93. The number of hydrogen-bond acceptors (Lipinski definition) is 15. The lowest BCUT2D eigenvalue weighted by atomic mass is 9.99. The molecule has 0 saturated carbocycles. The number of hydrogen-bond donors (Lipinski definition) is 7. The summed E-state index contributed by atoms with van der Waals surface area (Å²) >= 11 is 0. The van der Waals surface area contributed by atoms with Gasteiger partial charge in [-0.15, -0.1) is 0 Å². The van der Waals surface area contributed by atoms with Gasteiger partial charge >= 0.3 is 0 Å². The van der Waals surface area contributed by atoms with E-state index in [1.807, 2.05) is 0 Å². The number of fused-ring (bicyclic) bond motifs is 1. The van der Waals surface area contributed by atoms with Crippen LogP contribution in [0, 0.1) is 0 Å². The quantitative estimate of drug-likeness (QED) is 0.168. The van der Waals surface area contributed by atoms with Crippen LogP contribution in [0.1, 0.15) is 6.42 Å². The zero-order chi connectivity index (χ0) is 31.0.